The summed E-state index contributed by atoms with van der Waals surface area (Å²) in [5, 5.41) is 24.0. The Balaban J connectivity index is 1.76. The smallest absolute Gasteiger partial charge is 0.296 e. The molecule has 19 heteroatoms. The lowest BCUT2D eigenvalue weighted by Gasteiger charge is -2.14. The second-order valence-corrected chi connectivity index (χ2v) is 12.0. The van der Waals surface area contributed by atoms with Crippen LogP contribution in [0, 0.1) is 6.92 Å². The fourth-order valence-corrected chi connectivity index (χ4v) is 5.33. The molecule has 2 heterocycles. The van der Waals surface area contributed by atoms with Crippen molar-refractivity contribution in [1.82, 2.24) is 19.5 Å². The van der Waals surface area contributed by atoms with Crippen molar-refractivity contribution in [2.45, 2.75) is 31.0 Å². The van der Waals surface area contributed by atoms with Gasteiger partial charge >= 0.3 is 0 Å². The number of hydrogen-bond acceptors (Lipinski definition) is 13. The van der Waals surface area contributed by atoms with Crippen molar-refractivity contribution in [1.29, 1.82) is 0 Å². The van der Waals surface area contributed by atoms with Crippen molar-refractivity contribution >= 4 is 66.5 Å². The summed E-state index contributed by atoms with van der Waals surface area (Å²) >= 11 is 6.05. The van der Waals surface area contributed by atoms with Gasteiger partial charge in [-0.2, -0.15) is 31.8 Å². The van der Waals surface area contributed by atoms with E-state index in [0.29, 0.717) is 5.69 Å². The van der Waals surface area contributed by atoms with Crippen LogP contribution in [0.2, 0.25) is 5.28 Å². The Morgan fingerprint density at radius 1 is 0.930 bits per heavy atom. The predicted molar refractivity (Wildman–Crippen MR) is 156 cm³/mol. The van der Waals surface area contributed by atoms with E-state index >= 15 is 0 Å². The summed E-state index contributed by atoms with van der Waals surface area (Å²) in [7, 11) is -9.48. The molecule has 4 rings (SSSR count). The highest BCUT2D eigenvalue weighted by Crippen LogP contribution is 2.35. The van der Waals surface area contributed by atoms with Crippen LogP contribution in [0.25, 0.3) is 0 Å². The average molecular weight is 651 g/mol. The molecule has 0 fully saturated rings. The molecule has 2 aromatic heterocycles. The van der Waals surface area contributed by atoms with Crippen LogP contribution in [0.5, 0.6) is 5.88 Å². The first-order chi connectivity index (χ1) is 20.2. The van der Waals surface area contributed by atoms with Gasteiger partial charge in [-0.1, -0.05) is 18.2 Å². The average Bonchev–Trinajstić information content (AvgIpc) is 2.90. The molecule has 0 aliphatic carbocycles. The van der Waals surface area contributed by atoms with Crippen LogP contribution in [0.4, 0.5) is 34.6 Å². The van der Waals surface area contributed by atoms with E-state index in [2.05, 4.69) is 35.8 Å². The lowest BCUT2D eigenvalue weighted by molar-refractivity contribution is 0.411. The van der Waals surface area contributed by atoms with Crippen LogP contribution in [0.3, 0.4) is 0 Å². The molecule has 226 valence electrons. The summed E-state index contributed by atoms with van der Waals surface area (Å²) in [6.45, 7) is 2.66. The molecular formula is C24H23ClN8O8S2. The Labute approximate surface area is 249 Å². The van der Waals surface area contributed by atoms with Gasteiger partial charge in [0, 0.05) is 23.5 Å². The highest BCUT2D eigenvalue weighted by atomic mass is 35.5. The van der Waals surface area contributed by atoms with Crippen LogP contribution in [-0.2, 0) is 32.5 Å². The SMILES string of the molecule is CCn1c(O)c(/N=N/c2cc(Nc3nc(Cl)nc(Nc4ccccc4)n3)ccc2S(=O)(=O)O)c(C)c(CS(=O)(=O)O)c1=O. The van der Waals surface area contributed by atoms with Gasteiger partial charge in [-0.3, -0.25) is 18.5 Å². The number of aromatic nitrogens is 4. The minimum atomic E-state index is -4.83. The molecule has 0 bridgehead atoms. The molecule has 0 aliphatic heterocycles. The van der Waals surface area contributed by atoms with Gasteiger partial charge < -0.3 is 15.7 Å². The third kappa shape index (κ3) is 7.67. The summed E-state index contributed by atoms with van der Waals surface area (Å²) in [5.41, 5.74) is -1.34. The van der Waals surface area contributed by atoms with E-state index in [1.807, 2.05) is 6.07 Å². The number of hydrogen-bond donors (Lipinski definition) is 5. The zero-order valence-corrected chi connectivity index (χ0v) is 24.7. The topological polar surface area (TPSA) is 238 Å². The predicted octanol–water partition coefficient (Wildman–Crippen LogP) is 4.26. The van der Waals surface area contributed by atoms with Crippen molar-refractivity contribution < 1.29 is 31.0 Å². The maximum absolute atomic E-state index is 12.7. The van der Waals surface area contributed by atoms with Gasteiger partial charge in [-0.25, -0.2) is 0 Å². The summed E-state index contributed by atoms with van der Waals surface area (Å²) in [6.07, 6.45) is 0. The number of aromatic hydroxyl groups is 1. The van der Waals surface area contributed by atoms with E-state index in [1.54, 1.807) is 24.3 Å². The van der Waals surface area contributed by atoms with E-state index in [9.17, 15) is 35.8 Å². The van der Waals surface area contributed by atoms with Crippen LogP contribution in [0.15, 0.2) is 68.4 Å². The van der Waals surface area contributed by atoms with Crippen LogP contribution in [-0.4, -0.2) is 50.6 Å². The lowest BCUT2D eigenvalue weighted by atomic mass is 10.1. The number of azo groups is 1. The zero-order valence-electron chi connectivity index (χ0n) is 22.3. The van der Waals surface area contributed by atoms with Gasteiger partial charge in [-0.05, 0) is 61.3 Å². The fraction of sp³-hybridized carbons (Fsp3) is 0.167. The zero-order chi connectivity index (χ0) is 31.5. The van der Waals surface area contributed by atoms with Crippen LogP contribution < -0.4 is 16.2 Å². The summed E-state index contributed by atoms with van der Waals surface area (Å²) in [5.74, 6) is -1.69. The fourth-order valence-electron chi connectivity index (χ4n) is 3.86. The van der Waals surface area contributed by atoms with E-state index < -0.39 is 48.0 Å². The van der Waals surface area contributed by atoms with Crippen LogP contribution in [0.1, 0.15) is 18.1 Å². The number of para-hydroxylation sites is 1. The number of nitrogens with zero attached hydrogens (tertiary/aromatic N) is 6. The maximum Gasteiger partial charge on any atom is 0.296 e. The number of anilines is 4. The normalized spacial score (nSPS) is 12.0. The maximum atomic E-state index is 12.7. The van der Waals surface area contributed by atoms with Crippen molar-refractivity contribution in [2.24, 2.45) is 10.2 Å². The van der Waals surface area contributed by atoms with Crippen molar-refractivity contribution in [3.63, 3.8) is 0 Å². The van der Waals surface area contributed by atoms with Crippen LogP contribution >= 0.6 is 11.6 Å². The largest absolute Gasteiger partial charge is 0.493 e. The number of benzene rings is 2. The molecule has 0 atom stereocenters. The first kappa shape index (κ1) is 31.4. The Hall–Kier alpha value is -4.49. The number of rotatable bonds is 10. The highest BCUT2D eigenvalue weighted by molar-refractivity contribution is 7.86. The standard InChI is InChI=1S/C24H23ClN8O8S2/c1-3-33-20(34)16(12-42(36,37)38)13(2)19(21(33)35)32-31-17-11-15(9-10-18(17)43(39,40)41)27-24-29-22(25)28-23(30-24)26-14-7-5-4-6-8-14/h4-11,35H,3,12H2,1-2H3,(H,36,37,38)(H,39,40,41)(H2,26,27,28,29,30)/b32-31+. The molecular weight excluding hydrogens is 628 g/mol. The monoisotopic (exact) mass is 650 g/mol. The van der Waals surface area contributed by atoms with Crippen molar-refractivity contribution in [3.05, 3.63) is 75.3 Å². The van der Waals surface area contributed by atoms with Gasteiger partial charge in [0.05, 0.1) is 0 Å². The Bertz CT molecular complexity index is 2000. The quantitative estimate of drug-likeness (QED) is 0.119. The number of nitrogens with one attached hydrogen (secondary N) is 2. The van der Waals surface area contributed by atoms with Gasteiger partial charge in [-0.15, -0.1) is 10.2 Å². The molecule has 0 spiro atoms. The van der Waals surface area contributed by atoms with Gasteiger partial charge in [0.15, 0.2) is 0 Å². The molecule has 16 nitrogen and oxygen atoms in total. The molecule has 43 heavy (non-hydrogen) atoms. The Morgan fingerprint density at radius 2 is 1.56 bits per heavy atom. The third-order valence-electron chi connectivity index (χ3n) is 5.81. The summed E-state index contributed by atoms with van der Waals surface area (Å²) < 4.78 is 67.1. The van der Waals surface area contributed by atoms with Gasteiger partial charge in [0.2, 0.25) is 23.1 Å². The molecule has 2 aromatic carbocycles. The molecule has 0 radical (unpaired) electrons. The highest BCUT2D eigenvalue weighted by Gasteiger charge is 2.23. The molecule has 0 saturated heterocycles. The van der Waals surface area contributed by atoms with Gasteiger partial charge in [0.1, 0.15) is 22.0 Å². The number of pyridine rings is 1. The third-order valence-corrected chi connectivity index (χ3v) is 7.53. The molecule has 4 aromatic rings. The molecule has 0 unspecified atom stereocenters. The second kappa shape index (κ2) is 12.4. The first-order valence-corrected chi connectivity index (χ1v) is 15.5. The molecule has 0 aliphatic rings. The Kier molecular flexibility index (Phi) is 9.07. The molecule has 0 saturated carbocycles. The first-order valence-electron chi connectivity index (χ1n) is 12.1. The van der Waals surface area contributed by atoms with Crippen molar-refractivity contribution in [3.8, 4) is 5.88 Å². The van der Waals surface area contributed by atoms with E-state index in [-0.39, 0.29) is 46.2 Å². The Morgan fingerprint density at radius 3 is 2.14 bits per heavy atom. The minimum Gasteiger partial charge on any atom is -0.493 e. The van der Waals surface area contributed by atoms with E-state index in [4.69, 9.17) is 11.6 Å². The lowest BCUT2D eigenvalue weighted by Crippen LogP contribution is -2.26. The summed E-state index contributed by atoms with van der Waals surface area (Å²) in [4.78, 5) is 24.3. The molecule has 0 amide bonds. The summed E-state index contributed by atoms with van der Waals surface area (Å²) in [6, 6.07) is 12.4. The minimum absolute atomic E-state index is 0.0423. The van der Waals surface area contributed by atoms with E-state index in [0.717, 1.165) is 16.7 Å². The van der Waals surface area contributed by atoms with E-state index in [1.165, 1.54) is 19.9 Å². The number of halogens is 1. The van der Waals surface area contributed by atoms with Crippen molar-refractivity contribution in [2.75, 3.05) is 10.6 Å². The molecule has 5 N–H and O–H groups in total. The second-order valence-electron chi connectivity index (χ2n) is 8.78. The van der Waals surface area contributed by atoms with Gasteiger partial charge in [0.25, 0.3) is 25.8 Å².